The number of anilines is 1. The number of carboxylic acids is 1. The van der Waals surface area contributed by atoms with Crippen molar-refractivity contribution in [1.82, 2.24) is 0 Å². The molecular formula is C12H13NO5S. The molecule has 1 aromatic carbocycles. The van der Waals surface area contributed by atoms with Crippen LogP contribution >= 0.6 is 0 Å². The number of carbonyl (C=O) groups is 2. The molecule has 0 radical (unpaired) electrons. The maximum absolute atomic E-state index is 12.1. The van der Waals surface area contributed by atoms with Crippen molar-refractivity contribution in [1.29, 1.82) is 0 Å². The number of carboxylic acid groups (broad SMARTS) is 1. The van der Waals surface area contributed by atoms with Gasteiger partial charge in [-0.3, -0.25) is 9.69 Å². The van der Waals surface area contributed by atoms with E-state index < -0.39 is 27.8 Å². The second kappa shape index (κ2) is 4.34. The minimum absolute atomic E-state index is 0.0141. The molecule has 1 amide bonds. The maximum atomic E-state index is 12.1. The largest absolute Gasteiger partial charge is 0.474 e. The average molecular weight is 283 g/mol. The molecule has 0 aromatic heterocycles. The molecule has 7 heteroatoms. The Morgan fingerprint density at radius 2 is 2.00 bits per heavy atom. The van der Waals surface area contributed by atoms with Gasteiger partial charge in [-0.15, -0.1) is 0 Å². The Hall–Kier alpha value is -1.89. The summed E-state index contributed by atoms with van der Waals surface area (Å²) in [7, 11) is -3.49. The Kier molecular flexibility index (Phi) is 3.09. The van der Waals surface area contributed by atoms with E-state index >= 15 is 0 Å². The predicted molar refractivity (Wildman–Crippen MR) is 67.8 cm³/mol. The van der Waals surface area contributed by atoms with Gasteiger partial charge >= 0.3 is 11.9 Å². The Morgan fingerprint density at radius 3 is 2.58 bits per heavy atom. The van der Waals surface area contributed by atoms with Gasteiger partial charge in [-0.2, -0.15) is 0 Å². The molecule has 0 saturated heterocycles. The number of benzene rings is 1. The zero-order valence-electron chi connectivity index (χ0n) is 10.5. The molecule has 1 aliphatic rings. The maximum Gasteiger partial charge on any atom is 0.394 e. The number of hydrogen-bond acceptors (Lipinski definition) is 4. The fraction of sp³-hybridized carbons (Fsp3) is 0.333. The van der Waals surface area contributed by atoms with E-state index in [-0.39, 0.29) is 16.3 Å². The number of rotatable bonds is 0. The number of sulfone groups is 1. The van der Waals surface area contributed by atoms with Crippen molar-refractivity contribution >= 4 is 27.4 Å². The van der Waals surface area contributed by atoms with E-state index in [2.05, 4.69) is 0 Å². The number of hydrogen-bond donors (Lipinski definition) is 1. The lowest BCUT2D eigenvalue weighted by Crippen LogP contribution is -2.49. The molecule has 1 heterocycles. The topological polar surface area (TPSA) is 91.8 Å². The van der Waals surface area contributed by atoms with Crippen LogP contribution in [0.2, 0.25) is 0 Å². The summed E-state index contributed by atoms with van der Waals surface area (Å²) in [5.41, 5.74) is 0.732. The number of aliphatic carboxylic acids is 1. The molecule has 0 saturated carbocycles. The highest BCUT2D eigenvalue weighted by atomic mass is 32.2. The first-order valence-electron chi connectivity index (χ1n) is 5.64. The lowest BCUT2D eigenvalue weighted by atomic mass is 10.1. The predicted octanol–water partition coefficient (Wildman–Crippen LogP) is 0.588. The first-order valence-corrected chi connectivity index (χ1v) is 7.30. The second-order valence-electron chi connectivity index (χ2n) is 4.53. The van der Waals surface area contributed by atoms with Gasteiger partial charge in [0, 0.05) is 6.04 Å². The summed E-state index contributed by atoms with van der Waals surface area (Å²) in [4.78, 5) is 23.7. The van der Waals surface area contributed by atoms with Gasteiger partial charge in [-0.1, -0.05) is 12.1 Å². The van der Waals surface area contributed by atoms with Crippen molar-refractivity contribution in [3.8, 4) is 0 Å². The van der Waals surface area contributed by atoms with Gasteiger partial charge in [0.1, 0.15) is 0 Å². The fourth-order valence-corrected chi connectivity index (χ4v) is 4.10. The molecule has 0 aliphatic carbocycles. The van der Waals surface area contributed by atoms with Gasteiger partial charge in [0.05, 0.1) is 16.3 Å². The van der Waals surface area contributed by atoms with Crippen LogP contribution in [0, 0.1) is 6.92 Å². The highest BCUT2D eigenvalue weighted by molar-refractivity contribution is 7.91. The van der Waals surface area contributed by atoms with Crippen molar-refractivity contribution in [2.24, 2.45) is 0 Å². The van der Waals surface area contributed by atoms with Crippen molar-refractivity contribution in [2.75, 3.05) is 10.7 Å². The first kappa shape index (κ1) is 13.5. The Morgan fingerprint density at radius 1 is 1.37 bits per heavy atom. The van der Waals surface area contributed by atoms with E-state index in [0.29, 0.717) is 5.56 Å². The van der Waals surface area contributed by atoms with Gasteiger partial charge in [0.25, 0.3) is 0 Å². The van der Waals surface area contributed by atoms with Gasteiger partial charge < -0.3 is 5.11 Å². The lowest BCUT2D eigenvalue weighted by molar-refractivity contribution is -0.149. The molecule has 0 spiro atoms. The second-order valence-corrected chi connectivity index (χ2v) is 6.54. The molecule has 1 N–H and O–H groups in total. The summed E-state index contributed by atoms with van der Waals surface area (Å²) in [5, 5.41) is 8.86. The fourth-order valence-electron chi connectivity index (χ4n) is 2.30. The van der Waals surface area contributed by atoms with E-state index in [4.69, 9.17) is 5.11 Å². The molecule has 2 rings (SSSR count). The van der Waals surface area contributed by atoms with Crippen LogP contribution in [-0.2, 0) is 19.4 Å². The van der Waals surface area contributed by atoms with Crippen LogP contribution in [-0.4, -0.2) is 37.2 Å². The molecule has 1 aliphatic heterocycles. The minimum atomic E-state index is -3.49. The van der Waals surface area contributed by atoms with Crippen molar-refractivity contribution in [2.45, 2.75) is 24.8 Å². The van der Waals surface area contributed by atoms with E-state index in [1.807, 2.05) is 0 Å². The lowest BCUT2D eigenvalue weighted by Gasteiger charge is -2.34. The molecule has 102 valence electrons. The third-order valence-electron chi connectivity index (χ3n) is 3.08. The monoisotopic (exact) mass is 283 g/mol. The van der Waals surface area contributed by atoms with Gasteiger partial charge in [0.2, 0.25) is 0 Å². The summed E-state index contributed by atoms with van der Waals surface area (Å²) in [6.07, 6.45) is 0. The normalized spacial score (nSPS) is 20.7. The highest BCUT2D eigenvalue weighted by Gasteiger charge is 2.39. The molecule has 0 bridgehead atoms. The molecule has 1 atom stereocenters. The van der Waals surface area contributed by atoms with Crippen LogP contribution in [0.3, 0.4) is 0 Å². The van der Waals surface area contributed by atoms with Gasteiger partial charge in [-0.25, -0.2) is 13.2 Å². The number of amides is 1. The van der Waals surface area contributed by atoms with Gasteiger partial charge in [-0.05, 0) is 25.5 Å². The number of nitrogens with zero attached hydrogens (tertiary/aromatic N) is 1. The Balaban J connectivity index is 2.73. The summed E-state index contributed by atoms with van der Waals surface area (Å²) in [5.74, 6) is -2.99. The molecular weight excluding hydrogens is 270 g/mol. The van der Waals surface area contributed by atoms with Crippen LogP contribution < -0.4 is 4.90 Å². The van der Waals surface area contributed by atoms with E-state index in [1.165, 1.54) is 13.0 Å². The standard InChI is InChI=1S/C12H13NO5S/c1-7-4-3-5-9-10(7)13(11(14)12(15)16)8(2)6-19(9,17)18/h3-5,8H,6H2,1-2H3,(H,15,16). The summed E-state index contributed by atoms with van der Waals surface area (Å²) < 4.78 is 24.2. The Bertz CT molecular complexity index is 665. The van der Waals surface area contributed by atoms with E-state index in [0.717, 1.165) is 4.90 Å². The average Bonchev–Trinajstić information content (AvgIpc) is 2.29. The number of fused-ring (bicyclic) bond motifs is 1. The van der Waals surface area contributed by atoms with Crippen molar-refractivity contribution in [3.05, 3.63) is 23.8 Å². The van der Waals surface area contributed by atoms with E-state index in [1.54, 1.807) is 19.1 Å². The molecule has 1 unspecified atom stereocenters. The first-order chi connectivity index (χ1) is 8.75. The summed E-state index contributed by atoms with van der Waals surface area (Å²) >= 11 is 0. The van der Waals surface area contributed by atoms with Crippen LogP contribution in [0.25, 0.3) is 0 Å². The summed E-state index contributed by atoms with van der Waals surface area (Å²) in [6.45, 7) is 3.17. The minimum Gasteiger partial charge on any atom is -0.474 e. The van der Waals surface area contributed by atoms with E-state index in [9.17, 15) is 18.0 Å². The number of carbonyl (C=O) groups excluding carboxylic acids is 1. The quantitative estimate of drug-likeness (QED) is 0.703. The Labute approximate surface area is 110 Å². The molecule has 19 heavy (non-hydrogen) atoms. The zero-order valence-corrected chi connectivity index (χ0v) is 11.3. The van der Waals surface area contributed by atoms with Gasteiger partial charge in [0.15, 0.2) is 9.84 Å². The van der Waals surface area contributed by atoms with Crippen LogP contribution in [0.15, 0.2) is 23.1 Å². The number of aryl methyl sites for hydroxylation is 1. The smallest absolute Gasteiger partial charge is 0.394 e. The van der Waals surface area contributed by atoms with Crippen LogP contribution in [0.5, 0.6) is 0 Å². The summed E-state index contributed by atoms with van der Waals surface area (Å²) in [6, 6.07) is 3.91. The third kappa shape index (κ3) is 2.10. The highest BCUT2D eigenvalue weighted by Crippen LogP contribution is 2.36. The van der Waals surface area contributed by atoms with Crippen LogP contribution in [0.1, 0.15) is 12.5 Å². The third-order valence-corrected chi connectivity index (χ3v) is 5.00. The molecule has 6 nitrogen and oxygen atoms in total. The molecule has 0 fully saturated rings. The zero-order chi connectivity index (χ0) is 14.4. The SMILES string of the molecule is Cc1cccc2c1N(C(=O)C(=O)O)C(C)CS2(=O)=O. The van der Waals surface area contributed by atoms with Crippen molar-refractivity contribution in [3.63, 3.8) is 0 Å². The number of para-hydroxylation sites is 1. The van der Waals surface area contributed by atoms with Crippen molar-refractivity contribution < 1.29 is 23.1 Å². The molecule has 1 aromatic rings. The van der Waals surface area contributed by atoms with Crippen LogP contribution in [0.4, 0.5) is 5.69 Å².